The lowest BCUT2D eigenvalue weighted by molar-refractivity contribution is -0.130. The van der Waals surface area contributed by atoms with Gasteiger partial charge in [0, 0.05) is 11.7 Å². The van der Waals surface area contributed by atoms with Gasteiger partial charge in [-0.2, -0.15) is 0 Å². The summed E-state index contributed by atoms with van der Waals surface area (Å²) in [6, 6.07) is 9.59. The Kier molecular flexibility index (Phi) is 6.47. The van der Waals surface area contributed by atoms with Crippen molar-refractivity contribution in [2.24, 2.45) is 0 Å². The van der Waals surface area contributed by atoms with Gasteiger partial charge in [0.05, 0.1) is 11.8 Å². The molecule has 2 amide bonds. The Balaban J connectivity index is 1.50. The minimum Gasteiger partial charge on any atom is -0.459 e. The average molecular weight is 384 g/mol. The van der Waals surface area contributed by atoms with E-state index < -0.39 is 12.1 Å². The molecule has 2 aromatic rings. The molecule has 0 unspecified atom stereocenters. The van der Waals surface area contributed by atoms with Gasteiger partial charge < -0.3 is 19.8 Å². The number of nitrogens with one attached hydrogen (secondary N) is 2. The molecule has 0 radical (unpaired) electrons. The zero-order valence-corrected chi connectivity index (χ0v) is 15.8. The first-order valence-electron chi connectivity index (χ1n) is 9.49. The number of benzene rings is 1. The Bertz CT molecular complexity index is 808. The molecule has 7 heteroatoms. The summed E-state index contributed by atoms with van der Waals surface area (Å²) in [4.78, 5) is 36.4. The van der Waals surface area contributed by atoms with Crippen LogP contribution in [0.4, 0.5) is 5.69 Å². The average Bonchev–Trinajstić information content (AvgIpc) is 3.24. The van der Waals surface area contributed by atoms with Crippen LogP contribution in [-0.2, 0) is 9.53 Å². The van der Waals surface area contributed by atoms with Gasteiger partial charge in [0.2, 0.25) is 0 Å². The van der Waals surface area contributed by atoms with Crippen LogP contribution in [0.15, 0.2) is 47.1 Å². The Morgan fingerprint density at radius 3 is 2.43 bits per heavy atom. The predicted molar refractivity (Wildman–Crippen MR) is 103 cm³/mol. The molecule has 0 saturated heterocycles. The predicted octanol–water partition coefficient (Wildman–Crippen LogP) is 3.53. The topological polar surface area (TPSA) is 97.6 Å². The van der Waals surface area contributed by atoms with Gasteiger partial charge >= 0.3 is 5.97 Å². The Morgan fingerprint density at radius 2 is 1.79 bits per heavy atom. The van der Waals surface area contributed by atoms with Gasteiger partial charge in [0.15, 0.2) is 11.9 Å². The van der Waals surface area contributed by atoms with E-state index >= 15 is 0 Å². The largest absolute Gasteiger partial charge is 0.459 e. The molecule has 2 N–H and O–H groups in total. The Morgan fingerprint density at radius 1 is 1.07 bits per heavy atom. The molecule has 0 spiro atoms. The van der Waals surface area contributed by atoms with Crippen molar-refractivity contribution in [2.45, 2.75) is 51.2 Å². The third kappa shape index (κ3) is 5.22. The summed E-state index contributed by atoms with van der Waals surface area (Å²) in [6.07, 6.45) is 5.92. The fraction of sp³-hybridized carbons (Fsp3) is 0.381. The number of carbonyl (C=O) groups is 3. The summed E-state index contributed by atoms with van der Waals surface area (Å²) in [5, 5.41) is 5.61. The molecule has 1 fully saturated rings. The molecule has 1 aliphatic carbocycles. The molecule has 0 aliphatic heterocycles. The van der Waals surface area contributed by atoms with Gasteiger partial charge in [-0.1, -0.05) is 19.3 Å². The molecule has 1 saturated carbocycles. The third-order valence-electron chi connectivity index (χ3n) is 4.73. The number of hydrogen-bond acceptors (Lipinski definition) is 5. The van der Waals surface area contributed by atoms with E-state index in [4.69, 9.17) is 9.15 Å². The summed E-state index contributed by atoms with van der Waals surface area (Å²) in [6.45, 7) is 1.56. The maximum atomic E-state index is 12.3. The molecular formula is C21H24N2O5. The number of anilines is 1. The molecule has 1 atom stereocenters. The lowest BCUT2D eigenvalue weighted by Gasteiger charge is -2.24. The van der Waals surface area contributed by atoms with Crippen LogP contribution in [0.2, 0.25) is 0 Å². The van der Waals surface area contributed by atoms with Crippen LogP contribution in [0.25, 0.3) is 0 Å². The van der Waals surface area contributed by atoms with E-state index in [0.29, 0.717) is 11.3 Å². The molecular weight excluding hydrogens is 360 g/mol. The van der Waals surface area contributed by atoms with E-state index in [-0.39, 0.29) is 23.6 Å². The fourth-order valence-corrected chi connectivity index (χ4v) is 3.14. The first-order chi connectivity index (χ1) is 13.5. The van der Waals surface area contributed by atoms with Crippen LogP contribution >= 0.6 is 0 Å². The normalized spacial score (nSPS) is 15.5. The minimum absolute atomic E-state index is 0.166. The van der Waals surface area contributed by atoms with Gasteiger partial charge in [0.25, 0.3) is 11.8 Å². The SMILES string of the molecule is C[C@H](OC(=O)c1ccc(NC(=O)c2ccco2)cc1)C(=O)NC1CCCCC1. The number of hydrogen-bond donors (Lipinski definition) is 2. The van der Waals surface area contributed by atoms with Crippen molar-refractivity contribution >= 4 is 23.5 Å². The van der Waals surface area contributed by atoms with Crippen LogP contribution in [0.3, 0.4) is 0 Å². The number of ether oxygens (including phenoxy) is 1. The molecule has 1 heterocycles. The van der Waals surface area contributed by atoms with Crippen molar-refractivity contribution in [2.75, 3.05) is 5.32 Å². The molecule has 28 heavy (non-hydrogen) atoms. The highest BCUT2D eigenvalue weighted by atomic mass is 16.5. The van der Waals surface area contributed by atoms with E-state index in [2.05, 4.69) is 10.6 Å². The molecule has 0 bridgehead atoms. The second kappa shape index (κ2) is 9.21. The van der Waals surface area contributed by atoms with Gasteiger partial charge in [-0.25, -0.2) is 4.79 Å². The quantitative estimate of drug-likeness (QED) is 0.743. The van der Waals surface area contributed by atoms with E-state index in [9.17, 15) is 14.4 Å². The standard InChI is InChI=1S/C21H24N2O5/c1-14(19(24)22-16-6-3-2-4-7-16)28-21(26)15-9-11-17(12-10-15)23-20(25)18-8-5-13-27-18/h5,8-14,16H,2-4,6-7H2,1H3,(H,22,24)(H,23,25)/t14-/m0/s1. The molecule has 1 aromatic heterocycles. The zero-order valence-electron chi connectivity index (χ0n) is 15.8. The van der Waals surface area contributed by atoms with Crippen LogP contribution in [-0.4, -0.2) is 29.9 Å². The second-order valence-corrected chi connectivity index (χ2v) is 6.90. The third-order valence-corrected chi connectivity index (χ3v) is 4.73. The van der Waals surface area contributed by atoms with Crippen molar-refractivity contribution < 1.29 is 23.5 Å². The van der Waals surface area contributed by atoms with Gasteiger partial charge in [-0.15, -0.1) is 0 Å². The van der Waals surface area contributed by atoms with Gasteiger partial charge in [-0.05, 0) is 56.2 Å². The monoisotopic (exact) mass is 384 g/mol. The van der Waals surface area contributed by atoms with E-state index in [1.54, 1.807) is 31.2 Å². The Hall–Kier alpha value is -3.09. The summed E-state index contributed by atoms with van der Waals surface area (Å²) in [5.74, 6) is -1.05. The van der Waals surface area contributed by atoms with Crippen LogP contribution in [0.5, 0.6) is 0 Å². The number of amides is 2. The van der Waals surface area contributed by atoms with E-state index in [1.807, 2.05) is 0 Å². The van der Waals surface area contributed by atoms with E-state index in [0.717, 1.165) is 25.7 Å². The van der Waals surface area contributed by atoms with Crippen molar-refractivity contribution in [3.05, 3.63) is 54.0 Å². The zero-order chi connectivity index (χ0) is 19.9. The van der Waals surface area contributed by atoms with Crippen molar-refractivity contribution in [3.63, 3.8) is 0 Å². The lowest BCUT2D eigenvalue weighted by atomic mass is 9.95. The maximum Gasteiger partial charge on any atom is 0.338 e. The van der Waals surface area contributed by atoms with Crippen molar-refractivity contribution in [1.82, 2.24) is 5.32 Å². The van der Waals surface area contributed by atoms with Crippen LogP contribution in [0, 0.1) is 0 Å². The highest BCUT2D eigenvalue weighted by Gasteiger charge is 2.22. The van der Waals surface area contributed by atoms with Crippen LogP contribution < -0.4 is 10.6 Å². The lowest BCUT2D eigenvalue weighted by Crippen LogP contribution is -2.42. The highest BCUT2D eigenvalue weighted by Crippen LogP contribution is 2.18. The number of rotatable bonds is 6. The first kappa shape index (κ1) is 19.7. The fourth-order valence-electron chi connectivity index (χ4n) is 3.14. The van der Waals surface area contributed by atoms with E-state index in [1.165, 1.54) is 24.8 Å². The van der Waals surface area contributed by atoms with Crippen molar-refractivity contribution in [3.8, 4) is 0 Å². The summed E-state index contributed by atoms with van der Waals surface area (Å²) in [7, 11) is 0. The molecule has 1 aromatic carbocycles. The first-order valence-corrected chi connectivity index (χ1v) is 9.49. The minimum atomic E-state index is -0.868. The molecule has 3 rings (SSSR count). The molecule has 148 valence electrons. The van der Waals surface area contributed by atoms with Gasteiger partial charge in [0.1, 0.15) is 0 Å². The van der Waals surface area contributed by atoms with Gasteiger partial charge in [-0.3, -0.25) is 9.59 Å². The highest BCUT2D eigenvalue weighted by molar-refractivity contribution is 6.02. The number of carbonyl (C=O) groups excluding carboxylic acids is 3. The Labute approximate surface area is 163 Å². The summed E-state index contributed by atoms with van der Waals surface area (Å²) < 4.78 is 10.3. The summed E-state index contributed by atoms with van der Waals surface area (Å²) in [5.41, 5.74) is 0.814. The molecule has 1 aliphatic rings. The molecule has 7 nitrogen and oxygen atoms in total. The second-order valence-electron chi connectivity index (χ2n) is 6.90. The smallest absolute Gasteiger partial charge is 0.338 e. The maximum absolute atomic E-state index is 12.3. The number of esters is 1. The van der Waals surface area contributed by atoms with Crippen molar-refractivity contribution in [1.29, 1.82) is 0 Å². The van der Waals surface area contributed by atoms with Crippen LogP contribution in [0.1, 0.15) is 59.9 Å². The number of furan rings is 1. The summed E-state index contributed by atoms with van der Waals surface area (Å²) >= 11 is 0.